The van der Waals surface area contributed by atoms with Crippen molar-refractivity contribution >= 4 is 18.2 Å². The molecule has 0 aliphatic heterocycles. The van der Waals surface area contributed by atoms with E-state index >= 15 is 0 Å². The molecular weight excluding hydrogens is 445 g/mol. The predicted molar refractivity (Wildman–Crippen MR) is 104 cm³/mol. The van der Waals surface area contributed by atoms with Gasteiger partial charge in [-0.05, 0) is 44.0 Å². The highest BCUT2D eigenvalue weighted by atomic mass is 31.2. The third kappa shape index (κ3) is 4.61. The summed E-state index contributed by atoms with van der Waals surface area (Å²) in [6.45, 7) is 5.82. The fourth-order valence-electron chi connectivity index (χ4n) is 3.51. The molecule has 2 rings (SSSR count). The zero-order valence-electron chi connectivity index (χ0n) is 17.0. The number of alkyl halides is 6. The van der Waals surface area contributed by atoms with Crippen molar-refractivity contribution in [2.45, 2.75) is 40.0 Å². The maximum Gasteiger partial charge on any atom is 0.417 e. The Hall–Kier alpha value is -2.41. The number of halogens is 6. The van der Waals surface area contributed by atoms with E-state index in [0.717, 1.165) is 12.5 Å². The lowest BCUT2D eigenvalue weighted by Gasteiger charge is -2.22. The molecule has 0 aliphatic carbocycles. The van der Waals surface area contributed by atoms with E-state index in [-0.39, 0.29) is 5.56 Å². The quantitative estimate of drug-likeness (QED) is 0.353. The van der Waals surface area contributed by atoms with Crippen LogP contribution in [0.25, 0.3) is 0 Å². The molecular formula is C21H19F6O3P. The van der Waals surface area contributed by atoms with Crippen molar-refractivity contribution in [3.63, 3.8) is 0 Å². The van der Waals surface area contributed by atoms with Crippen molar-refractivity contribution in [2.24, 2.45) is 0 Å². The minimum atomic E-state index is -5.33. The average Bonchev–Trinajstić information content (AvgIpc) is 2.63. The van der Waals surface area contributed by atoms with Crippen LogP contribution in [-0.2, 0) is 16.9 Å². The van der Waals surface area contributed by atoms with E-state index in [1.165, 1.54) is 13.8 Å². The Balaban J connectivity index is 2.83. The van der Waals surface area contributed by atoms with Gasteiger partial charge in [0.2, 0.25) is 18.2 Å². The van der Waals surface area contributed by atoms with Crippen molar-refractivity contribution in [2.75, 3.05) is 6.16 Å². The standard InChI is InChI=1S/C21H19F6O3P/c1-5-31(30,18(28)16-12(3)9-11(2)10-13(16)4)19(29)17-14(20(22,23)24)7-6-8-15(17)21(25,26)27/h6-10H,5H2,1-4H3. The molecule has 1 atom stereocenters. The minimum absolute atomic E-state index is 0.137. The third-order valence-corrected chi connectivity index (χ3v) is 7.53. The number of rotatable bonds is 5. The number of benzene rings is 2. The van der Waals surface area contributed by atoms with E-state index in [9.17, 15) is 40.5 Å². The number of carbonyl (C=O) groups excluding carboxylic acids is 2. The molecule has 2 aromatic carbocycles. The van der Waals surface area contributed by atoms with Crippen molar-refractivity contribution in [1.29, 1.82) is 0 Å². The van der Waals surface area contributed by atoms with Gasteiger partial charge in [-0.25, -0.2) is 0 Å². The van der Waals surface area contributed by atoms with Crippen LogP contribution in [0.2, 0.25) is 0 Å². The van der Waals surface area contributed by atoms with Gasteiger partial charge in [-0.3, -0.25) is 9.59 Å². The molecule has 0 aromatic heterocycles. The van der Waals surface area contributed by atoms with Crippen LogP contribution in [0.3, 0.4) is 0 Å². The first-order valence-electron chi connectivity index (χ1n) is 9.09. The fourth-order valence-corrected chi connectivity index (χ4v) is 5.59. The molecule has 0 saturated carbocycles. The van der Waals surface area contributed by atoms with Gasteiger partial charge in [-0.1, -0.05) is 30.7 Å². The van der Waals surface area contributed by atoms with Gasteiger partial charge in [-0.15, -0.1) is 0 Å². The first-order chi connectivity index (χ1) is 14.1. The first kappa shape index (κ1) is 24.9. The summed E-state index contributed by atoms with van der Waals surface area (Å²) < 4.78 is 94.3. The van der Waals surface area contributed by atoms with E-state index in [2.05, 4.69) is 0 Å². The zero-order chi connectivity index (χ0) is 23.9. The molecule has 3 nitrogen and oxygen atoms in total. The highest BCUT2D eigenvalue weighted by Gasteiger charge is 2.49. The van der Waals surface area contributed by atoms with Gasteiger partial charge in [0.15, 0.2) is 0 Å². The van der Waals surface area contributed by atoms with Crippen LogP contribution >= 0.6 is 7.14 Å². The molecule has 0 fully saturated rings. The lowest BCUT2D eigenvalue weighted by Crippen LogP contribution is -2.23. The van der Waals surface area contributed by atoms with Crippen LogP contribution < -0.4 is 0 Å². The lowest BCUT2D eigenvalue weighted by atomic mass is 10.0. The molecule has 168 valence electrons. The second-order valence-electron chi connectivity index (χ2n) is 7.16. The minimum Gasteiger partial charge on any atom is -0.307 e. The Morgan fingerprint density at radius 2 is 1.19 bits per heavy atom. The van der Waals surface area contributed by atoms with Crippen molar-refractivity contribution in [3.8, 4) is 0 Å². The molecule has 0 N–H and O–H groups in total. The summed E-state index contributed by atoms with van der Waals surface area (Å²) >= 11 is 0. The van der Waals surface area contributed by atoms with Crippen molar-refractivity contribution in [3.05, 3.63) is 69.3 Å². The van der Waals surface area contributed by atoms with Gasteiger partial charge < -0.3 is 4.57 Å². The van der Waals surface area contributed by atoms with Crippen LogP contribution in [0.5, 0.6) is 0 Å². The van der Waals surface area contributed by atoms with Crippen molar-refractivity contribution in [1.82, 2.24) is 0 Å². The molecule has 0 radical (unpaired) electrons. The van der Waals surface area contributed by atoms with Crippen molar-refractivity contribution < 1.29 is 40.5 Å². The summed E-state index contributed by atoms with van der Waals surface area (Å²) in [5.74, 6) is 0. The first-order valence-corrected chi connectivity index (χ1v) is 11.0. The van der Waals surface area contributed by atoms with E-state index in [4.69, 9.17) is 0 Å². The van der Waals surface area contributed by atoms with Gasteiger partial charge in [0.05, 0.1) is 16.7 Å². The van der Waals surface area contributed by atoms with Crippen LogP contribution in [0.4, 0.5) is 26.3 Å². The van der Waals surface area contributed by atoms with Crippen LogP contribution in [0.15, 0.2) is 30.3 Å². The number of hydrogen-bond acceptors (Lipinski definition) is 3. The van der Waals surface area contributed by atoms with Gasteiger partial charge in [0.25, 0.3) is 0 Å². The molecule has 0 saturated heterocycles. The molecule has 0 heterocycles. The number of aryl methyl sites for hydroxylation is 3. The maximum atomic E-state index is 13.5. The van der Waals surface area contributed by atoms with Gasteiger partial charge in [0, 0.05) is 11.7 Å². The zero-order valence-corrected chi connectivity index (χ0v) is 17.9. The second-order valence-corrected chi connectivity index (χ2v) is 10.1. The molecule has 31 heavy (non-hydrogen) atoms. The highest BCUT2D eigenvalue weighted by Crippen LogP contribution is 2.55. The molecule has 0 amide bonds. The van der Waals surface area contributed by atoms with Gasteiger partial charge in [-0.2, -0.15) is 26.3 Å². The van der Waals surface area contributed by atoms with E-state index in [1.807, 2.05) is 0 Å². The summed E-state index contributed by atoms with van der Waals surface area (Å²) in [7, 11) is -4.87. The molecule has 0 bridgehead atoms. The summed E-state index contributed by atoms with van der Waals surface area (Å²) in [5, 5.41) is 0. The molecule has 1 unspecified atom stereocenters. The second kappa shape index (κ2) is 8.26. The molecule has 2 aromatic rings. The van der Waals surface area contributed by atoms with E-state index < -0.39 is 53.4 Å². The largest absolute Gasteiger partial charge is 0.417 e. The molecule has 10 heteroatoms. The van der Waals surface area contributed by atoms with E-state index in [0.29, 0.717) is 29.3 Å². The third-order valence-electron chi connectivity index (χ3n) is 4.88. The van der Waals surface area contributed by atoms with Gasteiger partial charge >= 0.3 is 12.4 Å². The van der Waals surface area contributed by atoms with Crippen LogP contribution in [0.1, 0.15) is 55.5 Å². The normalized spacial score (nSPS) is 14.3. The summed E-state index contributed by atoms with van der Waals surface area (Å²) in [4.78, 5) is 26.2. The SMILES string of the molecule is CCP(=O)(C(=O)c1c(C)cc(C)cc1C)C(=O)c1c(C(F)(F)F)cccc1C(F)(F)F. The summed E-state index contributed by atoms with van der Waals surface area (Å²) in [6, 6.07) is 4.21. The van der Waals surface area contributed by atoms with Crippen LogP contribution in [-0.4, -0.2) is 17.2 Å². The number of hydrogen-bond donors (Lipinski definition) is 0. The Bertz CT molecular complexity index is 1040. The Kier molecular flexibility index (Phi) is 6.62. The molecule has 0 spiro atoms. The number of carbonyl (C=O) groups is 2. The Morgan fingerprint density at radius 1 is 0.806 bits per heavy atom. The van der Waals surface area contributed by atoms with Crippen LogP contribution in [0, 0.1) is 20.8 Å². The Labute approximate surface area is 174 Å². The summed E-state index contributed by atoms with van der Waals surface area (Å²) in [5.41, 5.74) is -7.50. The molecule has 0 aliphatic rings. The highest BCUT2D eigenvalue weighted by molar-refractivity contribution is 7.95. The average molecular weight is 464 g/mol. The Morgan fingerprint density at radius 3 is 1.55 bits per heavy atom. The smallest absolute Gasteiger partial charge is 0.307 e. The van der Waals surface area contributed by atoms with Gasteiger partial charge in [0.1, 0.15) is 0 Å². The lowest BCUT2D eigenvalue weighted by molar-refractivity contribution is -0.143. The fraction of sp³-hybridized carbons (Fsp3) is 0.333. The monoisotopic (exact) mass is 464 g/mol. The summed E-state index contributed by atoms with van der Waals surface area (Å²) in [6.07, 6.45) is -11.4. The van der Waals surface area contributed by atoms with E-state index in [1.54, 1.807) is 19.1 Å². The predicted octanol–water partition coefficient (Wildman–Crippen LogP) is 7.01. The maximum absolute atomic E-state index is 13.5. The topological polar surface area (TPSA) is 51.2 Å².